The Morgan fingerprint density at radius 1 is 1.08 bits per heavy atom. The molecule has 2 unspecified atom stereocenters. The van der Waals surface area contributed by atoms with Gasteiger partial charge in [0.2, 0.25) is 0 Å². The van der Waals surface area contributed by atoms with Gasteiger partial charge in [-0.15, -0.1) is 0 Å². The zero-order valence-electron chi connectivity index (χ0n) is 22.6. The van der Waals surface area contributed by atoms with Gasteiger partial charge in [-0.1, -0.05) is 29.8 Å². The third-order valence-electron chi connectivity index (χ3n) is 6.64. The van der Waals surface area contributed by atoms with Gasteiger partial charge in [0.25, 0.3) is 0 Å². The van der Waals surface area contributed by atoms with Crippen molar-refractivity contribution in [2.75, 3.05) is 13.7 Å². The Labute approximate surface area is 234 Å². The molecular formula is C31H34ClNO6. The van der Waals surface area contributed by atoms with Crippen LogP contribution >= 0.6 is 11.6 Å². The molecule has 1 aliphatic carbocycles. The summed E-state index contributed by atoms with van der Waals surface area (Å²) in [6.07, 6.45) is 1.47. The van der Waals surface area contributed by atoms with Crippen LogP contribution in [0.25, 0.3) is 0 Å². The zero-order chi connectivity index (χ0) is 28.2. The summed E-state index contributed by atoms with van der Waals surface area (Å²) in [5.74, 6) is 1.63. The van der Waals surface area contributed by atoms with Gasteiger partial charge in [-0.2, -0.15) is 0 Å². The van der Waals surface area contributed by atoms with E-state index in [1.807, 2.05) is 39.0 Å². The van der Waals surface area contributed by atoms with Gasteiger partial charge in [0.15, 0.2) is 6.29 Å². The number of methoxy groups -OCH3 is 1. The first-order valence-electron chi connectivity index (χ1n) is 12.9. The molecule has 0 radical (unpaired) electrons. The number of amides is 1. The number of nitrogens with zero attached hydrogens (tertiary/aromatic N) is 1. The van der Waals surface area contributed by atoms with E-state index in [0.29, 0.717) is 39.8 Å². The van der Waals surface area contributed by atoms with Crippen molar-refractivity contribution in [3.63, 3.8) is 0 Å². The first-order valence-corrected chi connectivity index (χ1v) is 13.3. The molecule has 39 heavy (non-hydrogen) atoms. The Morgan fingerprint density at radius 2 is 1.77 bits per heavy atom. The third-order valence-corrected chi connectivity index (χ3v) is 6.89. The summed E-state index contributed by atoms with van der Waals surface area (Å²) >= 11 is 6.01. The minimum absolute atomic E-state index is 0.0903. The van der Waals surface area contributed by atoms with Crippen molar-refractivity contribution in [1.82, 2.24) is 4.90 Å². The van der Waals surface area contributed by atoms with Crippen LogP contribution in [0.3, 0.4) is 0 Å². The highest BCUT2D eigenvalue weighted by molar-refractivity contribution is 6.30. The van der Waals surface area contributed by atoms with Gasteiger partial charge in [0.05, 0.1) is 25.3 Å². The highest BCUT2D eigenvalue weighted by Gasteiger charge is 2.33. The number of hydrogen-bond donors (Lipinski definition) is 1. The lowest BCUT2D eigenvalue weighted by molar-refractivity contribution is 0.00195. The van der Waals surface area contributed by atoms with E-state index in [9.17, 15) is 14.7 Å². The van der Waals surface area contributed by atoms with Crippen LogP contribution in [0.15, 0.2) is 60.7 Å². The number of rotatable bonds is 8. The average molecular weight is 552 g/mol. The number of hydrogen-bond acceptors (Lipinski definition) is 6. The lowest BCUT2D eigenvalue weighted by Crippen LogP contribution is -2.47. The molecule has 7 nitrogen and oxygen atoms in total. The molecule has 1 aliphatic rings. The van der Waals surface area contributed by atoms with Crippen molar-refractivity contribution >= 4 is 24.0 Å². The topological polar surface area (TPSA) is 85.3 Å². The van der Waals surface area contributed by atoms with Crippen molar-refractivity contribution in [3.05, 3.63) is 87.9 Å². The molecule has 0 saturated heterocycles. The predicted octanol–water partition coefficient (Wildman–Crippen LogP) is 6.78. The number of benzene rings is 3. The summed E-state index contributed by atoms with van der Waals surface area (Å²) in [5.41, 5.74) is 2.65. The minimum atomic E-state index is -0.895. The second-order valence-corrected chi connectivity index (χ2v) is 11.1. The first kappa shape index (κ1) is 28.5. The average Bonchev–Trinajstić information content (AvgIpc) is 2.90. The molecule has 0 spiro atoms. The number of ether oxygens (including phenoxy) is 3. The van der Waals surface area contributed by atoms with E-state index in [1.54, 1.807) is 47.4 Å². The number of fused-ring (bicyclic) bond motifs is 1. The molecule has 1 N–H and O–H groups in total. The maximum absolute atomic E-state index is 13.3. The Balaban J connectivity index is 1.55. The van der Waals surface area contributed by atoms with E-state index >= 15 is 0 Å². The van der Waals surface area contributed by atoms with Crippen molar-refractivity contribution in [2.45, 2.75) is 57.8 Å². The van der Waals surface area contributed by atoms with Gasteiger partial charge < -0.3 is 24.2 Å². The number of aliphatic hydroxyl groups is 1. The van der Waals surface area contributed by atoms with E-state index in [0.717, 1.165) is 24.7 Å². The molecule has 8 heteroatoms. The van der Waals surface area contributed by atoms with Crippen molar-refractivity contribution in [2.24, 2.45) is 0 Å². The molecule has 3 aromatic rings. The standard InChI is InChI=1S/C31H34ClNO6/c1-31(2,3)39-30(36)33(18-28(35)21-5-9-24(32)10-6-21)25-11-7-20-8-12-26(16-22(20)15-25)38-27-13-14-29(37-4)23(17-27)19-34/h5-6,8-10,12-14,16-17,19,25,28,35H,7,11,15,18H2,1-4H3. The lowest BCUT2D eigenvalue weighted by Gasteiger charge is -2.37. The SMILES string of the molecule is COc1ccc(Oc2ccc3c(c2)CC(N(CC(O)c2ccc(Cl)cc2)C(=O)OC(C)(C)C)CC3)cc1C=O. The predicted molar refractivity (Wildman–Crippen MR) is 150 cm³/mol. The van der Waals surface area contributed by atoms with Crippen LogP contribution in [0.4, 0.5) is 4.79 Å². The van der Waals surface area contributed by atoms with Gasteiger partial charge in [0.1, 0.15) is 22.8 Å². The number of aliphatic hydroxyl groups excluding tert-OH is 1. The van der Waals surface area contributed by atoms with Gasteiger partial charge in [-0.05, 0) is 99.2 Å². The highest BCUT2D eigenvalue weighted by atomic mass is 35.5. The second-order valence-electron chi connectivity index (χ2n) is 10.7. The van der Waals surface area contributed by atoms with Crippen LogP contribution in [0.2, 0.25) is 5.02 Å². The summed E-state index contributed by atoms with van der Waals surface area (Å²) in [7, 11) is 1.51. The molecule has 1 amide bonds. The molecule has 0 aromatic heterocycles. The van der Waals surface area contributed by atoms with E-state index < -0.39 is 17.8 Å². The van der Waals surface area contributed by atoms with Crippen molar-refractivity contribution < 1.29 is 28.9 Å². The van der Waals surface area contributed by atoms with Crippen LogP contribution in [0.1, 0.15) is 60.3 Å². The van der Waals surface area contributed by atoms with Gasteiger partial charge in [0, 0.05) is 11.1 Å². The maximum Gasteiger partial charge on any atom is 0.410 e. The summed E-state index contributed by atoms with van der Waals surface area (Å²) in [6.45, 7) is 5.57. The summed E-state index contributed by atoms with van der Waals surface area (Å²) < 4.78 is 17.0. The smallest absolute Gasteiger partial charge is 0.410 e. The fourth-order valence-corrected chi connectivity index (χ4v) is 4.84. The van der Waals surface area contributed by atoms with Gasteiger partial charge in [-0.25, -0.2) is 4.79 Å². The number of carbonyl (C=O) groups excluding carboxylic acids is 2. The van der Waals surface area contributed by atoms with E-state index in [-0.39, 0.29) is 12.6 Å². The van der Waals surface area contributed by atoms with Crippen LogP contribution < -0.4 is 9.47 Å². The monoisotopic (exact) mass is 551 g/mol. The summed E-state index contributed by atoms with van der Waals surface area (Å²) in [4.78, 5) is 26.4. The Morgan fingerprint density at radius 3 is 2.44 bits per heavy atom. The fraction of sp³-hybridized carbons (Fsp3) is 0.355. The lowest BCUT2D eigenvalue weighted by atomic mass is 9.87. The molecular weight excluding hydrogens is 518 g/mol. The maximum atomic E-state index is 13.3. The summed E-state index contributed by atoms with van der Waals surface area (Å²) in [6, 6.07) is 17.8. The third kappa shape index (κ3) is 7.31. The molecule has 0 bridgehead atoms. The molecule has 0 fully saturated rings. The molecule has 4 rings (SSSR count). The van der Waals surface area contributed by atoms with Gasteiger partial charge >= 0.3 is 6.09 Å². The Bertz CT molecular complexity index is 1320. The first-order chi connectivity index (χ1) is 18.6. The number of halogens is 1. The molecule has 3 aromatic carbocycles. The highest BCUT2D eigenvalue weighted by Crippen LogP contribution is 2.33. The second kappa shape index (κ2) is 12.1. The minimum Gasteiger partial charge on any atom is -0.496 e. The van der Waals surface area contributed by atoms with Crippen molar-refractivity contribution in [1.29, 1.82) is 0 Å². The van der Waals surface area contributed by atoms with Crippen LogP contribution in [-0.2, 0) is 17.6 Å². The van der Waals surface area contributed by atoms with E-state index in [4.69, 9.17) is 25.8 Å². The molecule has 206 valence electrons. The number of aldehydes is 1. The number of aryl methyl sites for hydroxylation is 1. The quantitative estimate of drug-likeness (QED) is 0.310. The Hall–Kier alpha value is -3.55. The van der Waals surface area contributed by atoms with Gasteiger partial charge in [-0.3, -0.25) is 4.79 Å². The zero-order valence-corrected chi connectivity index (χ0v) is 23.4. The molecule has 0 aliphatic heterocycles. The largest absolute Gasteiger partial charge is 0.496 e. The van der Waals surface area contributed by atoms with Crippen LogP contribution in [0.5, 0.6) is 17.2 Å². The van der Waals surface area contributed by atoms with E-state index in [2.05, 4.69) is 0 Å². The van der Waals surface area contributed by atoms with Crippen LogP contribution in [0, 0.1) is 0 Å². The Kier molecular flexibility index (Phi) is 8.83. The molecule has 0 heterocycles. The fourth-order valence-electron chi connectivity index (χ4n) is 4.72. The van der Waals surface area contributed by atoms with Crippen LogP contribution in [-0.4, -0.2) is 47.7 Å². The normalized spacial score (nSPS) is 15.6. The summed E-state index contributed by atoms with van der Waals surface area (Å²) in [5, 5.41) is 11.6. The number of carbonyl (C=O) groups is 2. The molecule has 2 atom stereocenters. The molecule has 0 saturated carbocycles. The van der Waals surface area contributed by atoms with Crippen molar-refractivity contribution in [3.8, 4) is 17.2 Å². The van der Waals surface area contributed by atoms with E-state index in [1.165, 1.54) is 12.7 Å².